The van der Waals surface area contributed by atoms with Crippen LogP contribution in [0, 0.1) is 11.8 Å². The molecule has 17 heavy (non-hydrogen) atoms. The van der Waals surface area contributed by atoms with E-state index in [0.29, 0.717) is 18.9 Å². The lowest BCUT2D eigenvalue weighted by molar-refractivity contribution is -0.123. The number of rotatable bonds is 5. The van der Waals surface area contributed by atoms with Crippen LogP contribution in [-0.2, 0) is 11.2 Å². The van der Waals surface area contributed by atoms with Crippen molar-refractivity contribution >= 4 is 5.91 Å². The molecule has 0 aromatic heterocycles. The van der Waals surface area contributed by atoms with E-state index in [4.69, 9.17) is 0 Å². The summed E-state index contributed by atoms with van der Waals surface area (Å²) in [4.78, 5) is 11.6. The van der Waals surface area contributed by atoms with E-state index in [1.165, 1.54) is 0 Å². The Morgan fingerprint density at radius 3 is 2.71 bits per heavy atom. The fourth-order valence-corrected chi connectivity index (χ4v) is 2.00. The smallest absolute Gasteiger partial charge is 0.223 e. The normalized spacial score (nSPS) is 24.1. The monoisotopic (exact) mass is 233 g/mol. The predicted molar refractivity (Wildman–Crippen MR) is 66.4 cm³/mol. The highest BCUT2D eigenvalue weighted by Crippen LogP contribution is 2.37. The summed E-state index contributed by atoms with van der Waals surface area (Å²) in [7, 11) is 0. The predicted octanol–water partition coefficient (Wildman–Crippen LogP) is 1.36. The van der Waals surface area contributed by atoms with Crippen LogP contribution in [0.4, 0.5) is 0 Å². The zero-order valence-electron chi connectivity index (χ0n) is 10.1. The molecule has 3 nitrogen and oxygen atoms in total. The molecule has 1 aromatic rings. The Morgan fingerprint density at radius 1 is 1.47 bits per heavy atom. The van der Waals surface area contributed by atoms with E-state index in [1.807, 2.05) is 30.3 Å². The fraction of sp³-hybridized carbons (Fsp3) is 0.500. The molecule has 0 heterocycles. The topological polar surface area (TPSA) is 49.3 Å². The van der Waals surface area contributed by atoms with Crippen molar-refractivity contribution in [1.29, 1.82) is 0 Å². The third kappa shape index (κ3) is 3.56. The van der Waals surface area contributed by atoms with E-state index in [2.05, 4.69) is 12.2 Å². The number of aliphatic hydroxyl groups excluding tert-OH is 1. The molecule has 1 aliphatic carbocycles. The third-order valence-corrected chi connectivity index (χ3v) is 3.27. The quantitative estimate of drug-likeness (QED) is 0.807. The van der Waals surface area contributed by atoms with Gasteiger partial charge in [-0.15, -0.1) is 0 Å². The summed E-state index contributed by atoms with van der Waals surface area (Å²) < 4.78 is 0. The molecule has 1 aromatic carbocycles. The number of hydrogen-bond acceptors (Lipinski definition) is 2. The van der Waals surface area contributed by atoms with Crippen LogP contribution in [0.5, 0.6) is 0 Å². The zero-order valence-corrected chi connectivity index (χ0v) is 10.1. The van der Waals surface area contributed by atoms with Gasteiger partial charge in [0, 0.05) is 18.9 Å². The van der Waals surface area contributed by atoms with Crippen LogP contribution < -0.4 is 5.32 Å². The summed E-state index contributed by atoms with van der Waals surface area (Å²) in [6.45, 7) is 2.42. The molecule has 0 bridgehead atoms. The Kier molecular flexibility index (Phi) is 3.79. The lowest BCUT2D eigenvalue weighted by Gasteiger charge is -2.11. The van der Waals surface area contributed by atoms with Crippen LogP contribution in [0.25, 0.3) is 0 Å². The van der Waals surface area contributed by atoms with E-state index in [1.54, 1.807) is 0 Å². The van der Waals surface area contributed by atoms with Gasteiger partial charge in [-0.2, -0.15) is 0 Å². The van der Waals surface area contributed by atoms with Crippen molar-refractivity contribution in [3.8, 4) is 0 Å². The Bertz CT molecular complexity index is 377. The van der Waals surface area contributed by atoms with Crippen LogP contribution in [0.1, 0.15) is 18.9 Å². The van der Waals surface area contributed by atoms with E-state index in [9.17, 15) is 9.90 Å². The van der Waals surface area contributed by atoms with E-state index < -0.39 is 6.10 Å². The van der Waals surface area contributed by atoms with Gasteiger partial charge in [-0.1, -0.05) is 37.3 Å². The average Bonchev–Trinajstić information content (AvgIpc) is 3.05. The molecule has 92 valence electrons. The minimum Gasteiger partial charge on any atom is -0.391 e. The minimum absolute atomic E-state index is 0.0876. The maximum Gasteiger partial charge on any atom is 0.223 e. The number of amides is 1. The maximum atomic E-state index is 11.6. The number of nitrogens with one attached hydrogen (secondary N) is 1. The first-order chi connectivity index (χ1) is 8.16. The lowest BCUT2D eigenvalue weighted by atomic mass is 10.1. The van der Waals surface area contributed by atoms with Crippen molar-refractivity contribution in [2.75, 3.05) is 6.54 Å². The molecule has 0 spiro atoms. The number of carbonyl (C=O) groups excluding carboxylic acids is 1. The maximum absolute atomic E-state index is 11.6. The third-order valence-electron chi connectivity index (χ3n) is 3.27. The first-order valence-electron chi connectivity index (χ1n) is 6.16. The Labute approximate surface area is 102 Å². The fourth-order valence-electron chi connectivity index (χ4n) is 2.00. The van der Waals surface area contributed by atoms with Crippen molar-refractivity contribution in [3.05, 3.63) is 35.9 Å². The van der Waals surface area contributed by atoms with Gasteiger partial charge in [0.2, 0.25) is 5.91 Å². The van der Waals surface area contributed by atoms with Gasteiger partial charge in [0.25, 0.3) is 0 Å². The molecular weight excluding hydrogens is 214 g/mol. The summed E-state index contributed by atoms with van der Waals surface area (Å²) in [5, 5.41) is 12.6. The van der Waals surface area contributed by atoms with E-state index in [-0.39, 0.29) is 11.8 Å². The van der Waals surface area contributed by atoms with Gasteiger partial charge >= 0.3 is 0 Å². The molecule has 1 fully saturated rings. The second-order valence-corrected chi connectivity index (χ2v) is 4.91. The summed E-state index contributed by atoms with van der Waals surface area (Å²) in [5.41, 5.74) is 1.09. The molecule has 2 rings (SSSR count). The van der Waals surface area contributed by atoms with Gasteiger partial charge in [-0.3, -0.25) is 4.79 Å². The first-order valence-corrected chi connectivity index (χ1v) is 6.16. The van der Waals surface area contributed by atoms with Crippen molar-refractivity contribution in [2.24, 2.45) is 11.8 Å². The lowest BCUT2D eigenvalue weighted by Crippen LogP contribution is -2.34. The average molecular weight is 233 g/mol. The summed E-state index contributed by atoms with van der Waals surface area (Å²) in [6.07, 6.45) is 1.07. The Hall–Kier alpha value is -1.35. The van der Waals surface area contributed by atoms with Crippen LogP contribution in [0.3, 0.4) is 0 Å². The number of benzene rings is 1. The van der Waals surface area contributed by atoms with Crippen molar-refractivity contribution < 1.29 is 9.90 Å². The SMILES string of the molecule is CC1CC1C(=O)NCC(O)Cc1ccccc1. The molecule has 3 atom stereocenters. The molecule has 1 amide bonds. The van der Waals surface area contributed by atoms with Gasteiger partial charge in [0.15, 0.2) is 0 Å². The molecule has 1 aliphatic rings. The highest BCUT2D eigenvalue weighted by Gasteiger charge is 2.38. The van der Waals surface area contributed by atoms with Gasteiger partial charge in [-0.05, 0) is 17.9 Å². The van der Waals surface area contributed by atoms with Gasteiger partial charge in [-0.25, -0.2) is 0 Å². The molecule has 3 unspecified atom stereocenters. The summed E-state index contributed by atoms with van der Waals surface area (Å²) in [5.74, 6) is 0.782. The summed E-state index contributed by atoms with van der Waals surface area (Å²) in [6, 6.07) is 9.81. The second-order valence-electron chi connectivity index (χ2n) is 4.91. The van der Waals surface area contributed by atoms with Crippen molar-refractivity contribution in [1.82, 2.24) is 5.32 Å². The van der Waals surface area contributed by atoms with Crippen LogP contribution >= 0.6 is 0 Å². The Morgan fingerprint density at radius 2 is 2.12 bits per heavy atom. The number of carbonyl (C=O) groups is 1. The van der Waals surface area contributed by atoms with Crippen molar-refractivity contribution in [3.63, 3.8) is 0 Å². The van der Waals surface area contributed by atoms with Gasteiger partial charge in [0.1, 0.15) is 0 Å². The molecular formula is C14H19NO2. The zero-order chi connectivity index (χ0) is 12.3. The highest BCUT2D eigenvalue weighted by molar-refractivity contribution is 5.81. The van der Waals surface area contributed by atoms with Crippen LogP contribution in [0.2, 0.25) is 0 Å². The number of aliphatic hydroxyl groups is 1. The molecule has 0 radical (unpaired) electrons. The highest BCUT2D eigenvalue weighted by atomic mass is 16.3. The standard InChI is InChI=1S/C14H19NO2/c1-10-7-13(10)14(17)15-9-12(16)8-11-5-3-2-4-6-11/h2-6,10,12-13,16H,7-9H2,1H3,(H,15,17). The van der Waals surface area contributed by atoms with E-state index in [0.717, 1.165) is 12.0 Å². The molecule has 0 aliphatic heterocycles. The van der Waals surface area contributed by atoms with Gasteiger partial charge < -0.3 is 10.4 Å². The van der Waals surface area contributed by atoms with Crippen LogP contribution in [0.15, 0.2) is 30.3 Å². The van der Waals surface area contributed by atoms with Crippen LogP contribution in [-0.4, -0.2) is 23.7 Å². The largest absolute Gasteiger partial charge is 0.391 e. The van der Waals surface area contributed by atoms with Crippen molar-refractivity contribution in [2.45, 2.75) is 25.9 Å². The summed E-state index contributed by atoms with van der Waals surface area (Å²) >= 11 is 0. The minimum atomic E-state index is -0.504. The second kappa shape index (κ2) is 5.32. The molecule has 1 saturated carbocycles. The van der Waals surface area contributed by atoms with Gasteiger partial charge in [0.05, 0.1) is 6.10 Å². The first kappa shape index (κ1) is 12.1. The number of hydrogen-bond donors (Lipinski definition) is 2. The molecule has 2 N–H and O–H groups in total. The molecule has 3 heteroatoms. The molecule has 0 saturated heterocycles. The van der Waals surface area contributed by atoms with E-state index >= 15 is 0 Å². The Balaban J connectivity index is 1.71.